The topological polar surface area (TPSA) is 71.4 Å². The van der Waals surface area contributed by atoms with E-state index in [2.05, 4.69) is 0 Å². The van der Waals surface area contributed by atoms with Crippen molar-refractivity contribution in [3.05, 3.63) is 0 Å². The Morgan fingerprint density at radius 2 is 2.07 bits per heavy atom. The number of carbonyl (C=O) groups is 1. The molecule has 4 nitrogen and oxygen atoms in total. The average molecular weight is 228 g/mol. The van der Waals surface area contributed by atoms with Crippen LogP contribution in [-0.4, -0.2) is 36.4 Å². The van der Waals surface area contributed by atoms with Gasteiger partial charge in [0.25, 0.3) is 0 Å². The Labute approximate surface area is 79.8 Å². The largest absolute Gasteiger partial charge is 0.480 e. The third-order valence-electron chi connectivity index (χ3n) is 2.46. The molecule has 14 heavy (non-hydrogen) atoms. The van der Waals surface area contributed by atoms with Crippen LogP contribution in [-0.2, 0) is 14.6 Å². The smallest absolute Gasteiger partial charge is 0.325 e. The molecule has 1 N–H and O–H groups in total. The van der Waals surface area contributed by atoms with Crippen molar-refractivity contribution in [2.75, 3.05) is 5.75 Å². The number of sulfone groups is 1. The number of rotatable bonds is 3. The van der Waals surface area contributed by atoms with Gasteiger partial charge in [-0.05, 0) is 12.8 Å². The quantitative estimate of drug-likeness (QED) is 0.770. The highest BCUT2D eigenvalue weighted by Crippen LogP contribution is 2.37. The lowest BCUT2D eigenvalue weighted by Crippen LogP contribution is -2.44. The minimum absolute atomic E-state index is 0.140. The number of aliphatic carboxylic acids is 1. The zero-order chi connectivity index (χ0) is 11.0. The van der Waals surface area contributed by atoms with E-state index in [1.54, 1.807) is 0 Å². The van der Waals surface area contributed by atoms with Crippen molar-refractivity contribution in [3.63, 3.8) is 0 Å². The number of alkyl halides is 2. The average Bonchev–Trinajstić information content (AvgIpc) is 2.26. The van der Waals surface area contributed by atoms with Crippen LogP contribution < -0.4 is 0 Å². The fourth-order valence-electron chi connectivity index (χ4n) is 1.70. The van der Waals surface area contributed by atoms with Crippen LogP contribution in [0, 0.1) is 0 Å². The van der Waals surface area contributed by atoms with Gasteiger partial charge >= 0.3 is 5.97 Å². The molecular formula is C7H10F2O4S. The maximum Gasteiger partial charge on any atom is 0.325 e. The molecular weight excluding hydrogens is 218 g/mol. The van der Waals surface area contributed by atoms with Crippen molar-refractivity contribution in [2.45, 2.75) is 30.4 Å². The normalized spacial score (nSPS) is 30.8. The van der Waals surface area contributed by atoms with Crippen molar-refractivity contribution >= 4 is 15.8 Å². The summed E-state index contributed by atoms with van der Waals surface area (Å²) in [7, 11) is -3.92. The molecule has 0 bridgehead atoms. The molecule has 0 aliphatic carbocycles. The number of carboxylic acids is 1. The van der Waals surface area contributed by atoms with Gasteiger partial charge in [-0.1, -0.05) is 0 Å². The molecule has 1 rings (SSSR count). The van der Waals surface area contributed by atoms with E-state index in [1.165, 1.54) is 0 Å². The second kappa shape index (κ2) is 3.45. The third-order valence-corrected chi connectivity index (χ3v) is 5.03. The molecule has 0 aromatic rings. The molecule has 1 aliphatic rings. The van der Waals surface area contributed by atoms with Crippen LogP contribution in [0.5, 0.6) is 0 Å². The molecule has 1 fully saturated rings. The van der Waals surface area contributed by atoms with E-state index in [9.17, 15) is 22.0 Å². The highest BCUT2D eigenvalue weighted by molar-refractivity contribution is 7.93. The second-order valence-corrected chi connectivity index (χ2v) is 5.74. The van der Waals surface area contributed by atoms with Crippen LogP contribution in [0.1, 0.15) is 19.3 Å². The van der Waals surface area contributed by atoms with Gasteiger partial charge in [0.15, 0.2) is 14.6 Å². The standard InChI is InChI=1S/C7H10F2O4S/c8-5(9)4-7(6(10)11)2-1-3-14(7,12)13/h5H,1-4H2,(H,10,11). The van der Waals surface area contributed by atoms with Crippen LogP contribution in [0.3, 0.4) is 0 Å². The summed E-state index contributed by atoms with van der Waals surface area (Å²) in [6.07, 6.45) is -4.10. The first-order valence-corrected chi connectivity index (χ1v) is 5.71. The van der Waals surface area contributed by atoms with Gasteiger partial charge in [-0.15, -0.1) is 0 Å². The lowest BCUT2D eigenvalue weighted by Gasteiger charge is -2.22. The lowest BCUT2D eigenvalue weighted by atomic mass is 10.00. The molecule has 0 spiro atoms. The van der Waals surface area contributed by atoms with Crippen LogP contribution in [0.4, 0.5) is 8.78 Å². The number of carboxylic acid groups (broad SMARTS) is 1. The summed E-state index contributed by atoms with van der Waals surface area (Å²) < 4.78 is 44.7. The summed E-state index contributed by atoms with van der Waals surface area (Å²) in [5.41, 5.74) is 0. The van der Waals surface area contributed by atoms with Crippen LogP contribution in [0.15, 0.2) is 0 Å². The molecule has 1 heterocycles. The zero-order valence-electron chi connectivity index (χ0n) is 7.24. The van der Waals surface area contributed by atoms with Gasteiger partial charge in [0, 0.05) is 6.42 Å². The Bertz CT molecular complexity index is 338. The fraction of sp³-hybridized carbons (Fsp3) is 0.857. The third kappa shape index (κ3) is 1.60. The minimum Gasteiger partial charge on any atom is -0.480 e. The van der Waals surface area contributed by atoms with Gasteiger partial charge in [0.2, 0.25) is 6.43 Å². The predicted molar refractivity (Wildman–Crippen MR) is 44.0 cm³/mol. The van der Waals surface area contributed by atoms with E-state index in [0.29, 0.717) is 0 Å². The van der Waals surface area contributed by atoms with Gasteiger partial charge in [0.05, 0.1) is 5.75 Å². The zero-order valence-corrected chi connectivity index (χ0v) is 8.06. The van der Waals surface area contributed by atoms with Crippen molar-refractivity contribution in [1.82, 2.24) is 0 Å². The Morgan fingerprint density at radius 3 is 2.36 bits per heavy atom. The predicted octanol–water partition coefficient (Wildman–Crippen LogP) is 0.674. The molecule has 1 aliphatic heterocycles. The van der Waals surface area contributed by atoms with E-state index in [4.69, 9.17) is 5.11 Å². The van der Waals surface area contributed by atoms with E-state index < -0.39 is 33.4 Å². The summed E-state index contributed by atoms with van der Waals surface area (Å²) in [5.74, 6) is -1.97. The summed E-state index contributed by atoms with van der Waals surface area (Å²) in [5, 5.41) is 8.74. The van der Waals surface area contributed by atoms with E-state index >= 15 is 0 Å². The number of hydrogen-bond donors (Lipinski definition) is 1. The molecule has 0 radical (unpaired) electrons. The van der Waals surface area contributed by atoms with E-state index in [1.807, 2.05) is 0 Å². The van der Waals surface area contributed by atoms with Crippen LogP contribution >= 0.6 is 0 Å². The first kappa shape index (κ1) is 11.4. The monoisotopic (exact) mass is 228 g/mol. The Kier molecular flexibility index (Phi) is 2.80. The first-order valence-electron chi connectivity index (χ1n) is 4.06. The van der Waals surface area contributed by atoms with Gasteiger partial charge < -0.3 is 5.11 Å². The number of halogens is 2. The minimum atomic E-state index is -3.92. The first-order chi connectivity index (χ1) is 6.32. The molecule has 0 amide bonds. The molecule has 82 valence electrons. The maximum absolute atomic E-state index is 12.1. The second-order valence-electron chi connectivity index (χ2n) is 3.32. The summed E-state index contributed by atoms with van der Waals surface area (Å²) in [6, 6.07) is 0. The van der Waals surface area contributed by atoms with Crippen LogP contribution in [0.25, 0.3) is 0 Å². The van der Waals surface area contributed by atoms with Gasteiger partial charge in [-0.2, -0.15) is 0 Å². The molecule has 1 unspecified atom stereocenters. The Morgan fingerprint density at radius 1 is 1.50 bits per heavy atom. The maximum atomic E-state index is 12.1. The van der Waals surface area contributed by atoms with Crippen molar-refractivity contribution < 1.29 is 27.1 Å². The SMILES string of the molecule is O=C(O)C1(CC(F)F)CCCS1(=O)=O. The molecule has 1 atom stereocenters. The van der Waals surface area contributed by atoms with E-state index in [-0.39, 0.29) is 18.6 Å². The van der Waals surface area contributed by atoms with Crippen LogP contribution in [0.2, 0.25) is 0 Å². The summed E-state index contributed by atoms with van der Waals surface area (Å²) in [6.45, 7) is 0. The lowest BCUT2D eigenvalue weighted by molar-refractivity contribution is -0.141. The molecule has 0 aromatic carbocycles. The molecule has 0 saturated carbocycles. The Hall–Kier alpha value is -0.720. The van der Waals surface area contributed by atoms with Gasteiger partial charge in [-0.25, -0.2) is 17.2 Å². The highest BCUT2D eigenvalue weighted by Gasteiger charge is 2.55. The fourth-order valence-corrected chi connectivity index (χ4v) is 3.72. The molecule has 7 heteroatoms. The summed E-state index contributed by atoms with van der Waals surface area (Å²) in [4.78, 5) is 10.8. The van der Waals surface area contributed by atoms with Gasteiger partial charge in [0.1, 0.15) is 0 Å². The van der Waals surface area contributed by atoms with Gasteiger partial charge in [-0.3, -0.25) is 4.79 Å². The summed E-state index contributed by atoms with van der Waals surface area (Å²) >= 11 is 0. The van der Waals surface area contributed by atoms with Crippen molar-refractivity contribution in [1.29, 1.82) is 0 Å². The highest BCUT2D eigenvalue weighted by atomic mass is 32.2. The Balaban J connectivity index is 3.11. The van der Waals surface area contributed by atoms with Crippen molar-refractivity contribution in [2.24, 2.45) is 0 Å². The molecule has 1 saturated heterocycles. The van der Waals surface area contributed by atoms with E-state index in [0.717, 1.165) is 0 Å². The van der Waals surface area contributed by atoms with Crippen molar-refractivity contribution in [3.8, 4) is 0 Å². The number of hydrogen-bond acceptors (Lipinski definition) is 3. The molecule has 0 aromatic heterocycles.